The molecule has 25 heavy (non-hydrogen) atoms. The van der Waals surface area contributed by atoms with Gasteiger partial charge in [0.15, 0.2) is 5.96 Å². The molecule has 0 spiro atoms. The minimum absolute atomic E-state index is 0.350. The fraction of sp³-hybridized carbons (Fsp3) is 0.611. The van der Waals surface area contributed by atoms with Gasteiger partial charge in [-0.25, -0.2) is 0 Å². The summed E-state index contributed by atoms with van der Waals surface area (Å²) in [6.07, 6.45) is -4.02. The van der Waals surface area contributed by atoms with Crippen molar-refractivity contribution in [1.29, 1.82) is 0 Å². The highest BCUT2D eigenvalue weighted by Gasteiger charge is 2.32. The van der Waals surface area contributed by atoms with E-state index < -0.39 is 17.2 Å². The van der Waals surface area contributed by atoms with Crippen molar-refractivity contribution in [1.82, 2.24) is 10.2 Å². The minimum Gasteiger partial charge on any atom is -0.391 e. The number of likely N-dealkylation sites (tertiary alicyclic amines) is 1. The molecule has 0 radical (unpaired) electrons. The molecule has 0 aliphatic carbocycles. The van der Waals surface area contributed by atoms with Crippen molar-refractivity contribution in [3.05, 3.63) is 35.4 Å². The molecule has 0 bridgehead atoms. The first-order valence-electron chi connectivity index (χ1n) is 8.52. The molecular formula is C18H26F3N3O. The second kappa shape index (κ2) is 7.64. The van der Waals surface area contributed by atoms with Crippen LogP contribution in [0.4, 0.5) is 13.2 Å². The van der Waals surface area contributed by atoms with E-state index in [1.54, 1.807) is 6.07 Å². The number of alkyl halides is 3. The number of aliphatic imine (C=N–C) groups is 1. The van der Waals surface area contributed by atoms with Crippen molar-refractivity contribution in [3.8, 4) is 0 Å². The lowest BCUT2D eigenvalue weighted by molar-refractivity contribution is -0.137. The van der Waals surface area contributed by atoms with Gasteiger partial charge in [-0.1, -0.05) is 32.0 Å². The van der Waals surface area contributed by atoms with Gasteiger partial charge in [-0.05, 0) is 25.0 Å². The Labute approximate surface area is 146 Å². The van der Waals surface area contributed by atoms with Crippen LogP contribution in [0.2, 0.25) is 0 Å². The van der Waals surface area contributed by atoms with Crippen LogP contribution in [0.5, 0.6) is 0 Å². The molecular weight excluding hydrogens is 331 g/mol. The average molecular weight is 357 g/mol. The van der Waals surface area contributed by atoms with E-state index >= 15 is 0 Å². The maximum Gasteiger partial charge on any atom is 0.416 e. The number of nitrogens with one attached hydrogen (secondary N) is 1. The van der Waals surface area contributed by atoms with Crippen molar-refractivity contribution in [2.75, 3.05) is 26.2 Å². The molecule has 0 unspecified atom stereocenters. The summed E-state index contributed by atoms with van der Waals surface area (Å²) in [4.78, 5) is 6.59. The first kappa shape index (κ1) is 19.6. The summed E-state index contributed by atoms with van der Waals surface area (Å²) in [5.74, 6) is 0.694. The summed E-state index contributed by atoms with van der Waals surface area (Å²) < 4.78 is 38.8. The van der Waals surface area contributed by atoms with Crippen LogP contribution >= 0.6 is 0 Å². The van der Waals surface area contributed by atoms with Crippen molar-refractivity contribution in [2.45, 2.75) is 44.9 Å². The van der Waals surface area contributed by atoms with Gasteiger partial charge >= 0.3 is 6.18 Å². The van der Waals surface area contributed by atoms with Gasteiger partial charge in [-0.15, -0.1) is 0 Å². The highest BCUT2D eigenvalue weighted by atomic mass is 19.4. The Bertz CT molecular complexity index is 614. The molecule has 1 aliphatic rings. The van der Waals surface area contributed by atoms with E-state index in [2.05, 4.69) is 10.3 Å². The Morgan fingerprint density at radius 2 is 2.00 bits per heavy atom. The quantitative estimate of drug-likeness (QED) is 0.643. The minimum atomic E-state index is -4.35. The van der Waals surface area contributed by atoms with Crippen molar-refractivity contribution >= 4 is 5.96 Å². The molecule has 0 amide bonds. The molecule has 2 N–H and O–H groups in total. The van der Waals surface area contributed by atoms with E-state index in [1.165, 1.54) is 12.1 Å². The fourth-order valence-electron chi connectivity index (χ4n) is 2.84. The number of guanidine groups is 1. The monoisotopic (exact) mass is 357 g/mol. The van der Waals surface area contributed by atoms with Crippen LogP contribution in [-0.2, 0) is 11.6 Å². The van der Waals surface area contributed by atoms with E-state index in [4.69, 9.17) is 0 Å². The SMILES string of the molecule is CCNC(=NCC(C)(C)c1cccc(C(F)(F)F)c1)N1CC[C@@H](O)C1. The standard InChI is InChI=1S/C18H26F3N3O/c1-4-22-16(24-9-8-15(25)11-24)23-12-17(2,3)13-6-5-7-14(10-13)18(19,20)21/h5-7,10,15,25H,4,8-9,11-12H2,1-3H3,(H,22,23)/t15-/m1/s1. The van der Waals surface area contributed by atoms with E-state index in [-0.39, 0.29) is 6.10 Å². The Hall–Kier alpha value is -1.76. The van der Waals surface area contributed by atoms with Gasteiger partial charge in [0.1, 0.15) is 0 Å². The number of rotatable bonds is 4. The lowest BCUT2D eigenvalue weighted by Crippen LogP contribution is -2.41. The summed E-state index contributed by atoms with van der Waals surface area (Å²) in [5, 5.41) is 12.9. The zero-order chi connectivity index (χ0) is 18.7. The van der Waals surface area contributed by atoms with Crippen LogP contribution in [0.25, 0.3) is 0 Å². The number of hydrogen-bond donors (Lipinski definition) is 2. The zero-order valence-corrected chi connectivity index (χ0v) is 14.9. The second-order valence-electron chi connectivity index (χ2n) is 7.02. The van der Waals surface area contributed by atoms with Crippen LogP contribution in [0.3, 0.4) is 0 Å². The Kier molecular flexibility index (Phi) is 5.98. The molecule has 1 saturated heterocycles. The molecule has 1 aromatic carbocycles. The van der Waals surface area contributed by atoms with Crippen LogP contribution in [0.1, 0.15) is 38.3 Å². The molecule has 7 heteroatoms. The van der Waals surface area contributed by atoms with Gasteiger partial charge in [0.05, 0.1) is 18.2 Å². The summed E-state index contributed by atoms with van der Waals surface area (Å²) in [5.41, 5.74) is -0.583. The first-order chi connectivity index (χ1) is 11.6. The molecule has 4 nitrogen and oxygen atoms in total. The number of nitrogens with zero attached hydrogens (tertiary/aromatic N) is 2. The molecule has 2 rings (SSSR count). The molecule has 1 aromatic rings. The molecule has 140 valence electrons. The maximum atomic E-state index is 12.9. The third-order valence-electron chi connectivity index (χ3n) is 4.39. The number of β-amino-alcohol motifs (C(OH)–C–C–N with tert-alkyl or cyclic N) is 1. The summed E-state index contributed by atoms with van der Waals surface area (Å²) in [7, 11) is 0. The van der Waals surface area contributed by atoms with Crippen LogP contribution in [-0.4, -0.2) is 48.2 Å². The molecule has 1 aliphatic heterocycles. The number of halogens is 3. The third kappa shape index (κ3) is 5.11. The lowest BCUT2D eigenvalue weighted by atomic mass is 9.84. The number of benzene rings is 1. The smallest absolute Gasteiger partial charge is 0.391 e. The van der Waals surface area contributed by atoms with Gasteiger partial charge in [-0.3, -0.25) is 4.99 Å². The normalized spacial score (nSPS) is 19.4. The molecule has 1 atom stereocenters. The predicted molar refractivity (Wildman–Crippen MR) is 92.6 cm³/mol. The van der Waals surface area contributed by atoms with E-state index in [0.717, 1.165) is 12.6 Å². The van der Waals surface area contributed by atoms with E-state index in [1.807, 2.05) is 25.7 Å². The maximum absolute atomic E-state index is 12.9. The molecule has 1 heterocycles. The second-order valence-corrected chi connectivity index (χ2v) is 7.02. The van der Waals surface area contributed by atoms with E-state index in [0.29, 0.717) is 37.6 Å². The highest BCUT2D eigenvalue weighted by molar-refractivity contribution is 5.80. The van der Waals surface area contributed by atoms with Gasteiger partial charge in [0, 0.05) is 25.0 Å². The van der Waals surface area contributed by atoms with Gasteiger partial charge in [0.25, 0.3) is 0 Å². The van der Waals surface area contributed by atoms with Crippen LogP contribution in [0.15, 0.2) is 29.3 Å². The highest BCUT2D eigenvalue weighted by Crippen LogP contribution is 2.33. The van der Waals surface area contributed by atoms with Gasteiger partial charge in [0.2, 0.25) is 0 Å². The first-order valence-corrected chi connectivity index (χ1v) is 8.52. The van der Waals surface area contributed by atoms with Crippen molar-refractivity contribution in [3.63, 3.8) is 0 Å². The number of aliphatic hydroxyl groups is 1. The molecule has 1 fully saturated rings. The third-order valence-corrected chi connectivity index (χ3v) is 4.39. The van der Waals surface area contributed by atoms with Gasteiger partial charge < -0.3 is 15.3 Å². The van der Waals surface area contributed by atoms with Crippen molar-refractivity contribution in [2.24, 2.45) is 4.99 Å². The fourth-order valence-corrected chi connectivity index (χ4v) is 2.84. The Morgan fingerprint density at radius 1 is 1.32 bits per heavy atom. The Balaban J connectivity index is 2.18. The van der Waals surface area contributed by atoms with E-state index in [9.17, 15) is 18.3 Å². The summed E-state index contributed by atoms with van der Waals surface area (Å²) in [6.45, 7) is 8.01. The zero-order valence-electron chi connectivity index (χ0n) is 14.9. The molecule has 0 aromatic heterocycles. The number of aliphatic hydroxyl groups excluding tert-OH is 1. The lowest BCUT2D eigenvalue weighted by Gasteiger charge is -2.27. The van der Waals surface area contributed by atoms with Crippen LogP contribution < -0.4 is 5.32 Å². The largest absolute Gasteiger partial charge is 0.416 e. The van der Waals surface area contributed by atoms with Crippen molar-refractivity contribution < 1.29 is 18.3 Å². The topological polar surface area (TPSA) is 47.9 Å². The average Bonchev–Trinajstić information content (AvgIpc) is 2.97. The summed E-state index contributed by atoms with van der Waals surface area (Å²) in [6, 6.07) is 5.42. The number of hydrogen-bond acceptors (Lipinski definition) is 2. The predicted octanol–water partition coefficient (Wildman–Crippen LogP) is 3.02. The van der Waals surface area contributed by atoms with Gasteiger partial charge in [-0.2, -0.15) is 13.2 Å². The summed E-state index contributed by atoms with van der Waals surface area (Å²) >= 11 is 0. The van der Waals surface area contributed by atoms with Crippen LogP contribution in [0, 0.1) is 0 Å². The Morgan fingerprint density at radius 3 is 2.56 bits per heavy atom. The molecule has 0 saturated carbocycles.